The fourth-order valence-corrected chi connectivity index (χ4v) is 4.01. The van der Waals surface area contributed by atoms with Crippen molar-refractivity contribution in [2.24, 2.45) is 5.10 Å². The van der Waals surface area contributed by atoms with Gasteiger partial charge in [0.25, 0.3) is 5.56 Å². The van der Waals surface area contributed by atoms with E-state index >= 15 is 0 Å². The number of para-hydroxylation sites is 1. The van der Waals surface area contributed by atoms with Gasteiger partial charge in [0.1, 0.15) is 12.4 Å². The fourth-order valence-electron chi connectivity index (χ4n) is 3.23. The van der Waals surface area contributed by atoms with Crippen LogP contribution in [0.25, 0.3) is 10.9 Å². The second-order valence-corrected chi connectivity index (χ2v) is 8.18. The van der Waals surface area contributed by atoms with Crippen LogP contribution in [-0.4, -0.2) is 22.5 Å². The summed E-state index contributed by atoms with van der Waals surface area (Å²) in [5.41, 5.74) is 0.603. The van der Waals surface area contributed by atoms with Crippen LogP contribution in [0.15, 0.2) is 75.4 Å². The second-order valence-electron chi connectivity index (χ2n) is 7.02. The molecule has 0 fully saturated rings. The van der Waals surface area contributed by atoms with Gasteiger partial charge in [0, 0.05) is 0 Å². The van der Waals surface area contributed by atoms with Crippen molar-refractivity contribution in [3.8, 4) is 11.5 Å². The smallest absolute Gasteiger partial charge is 0.349 e. The molecule has 1 N–H and O–H groups in total. The zero-order chi connectivity index (χ0) is 23.4. The molecule has 0 radical (unpaired) electrons. The van der Waals surface area contributed by atoms with Crippen molar-refractivity contribution < 1.29 is 13.9 Å². The number of nitrogens with zero attached hydrogens (tertiary/aromatic N) is 2. The van der Waals surface area contributed by atoms with Crippen LogP contribution in [0.2, 0.25) is 0 Å². The molecule has 7 nitrogen and oxygen atoms in total. The summed E-state index contributed by atoms with van der Waals surface area (Å²) < 4.78 is 26.6. The molecule has 0 amide bonds. The molecule has 9 heteroatoms. The summed E-state index contributed by atoms with van der Waals surface area (Å²) >= 11 is 2.10. The first-order chi connectivity index (χ1) is 16.0. The number of aromatic amines is 1. The van der Waals surface area contributed by atoms with Crippen LogP contribution in [0.4, 0.5) is 4.39 Å². The monoisotopic (exact) mass is 559 g/mol. The van der Waals surface area contributed by atoms with Gasteiger partial charge in [-0.15, -0.1) is 4.68 Å². The Balaban J connectivity index is 1.65. The molecule has 4 aromatic rings. The molecule has 0 atom stereocenters. The van der Waals surface area contributed by atoms with Crippen LogP contribution in [-0.2, 0) is 6.61 Å². The minimum atomic E-state index is -0.635. The molecule has 33 heavy (non-hydrogen) atoms. The summed E-state index contributed by atoms with van der Waals surface area (Å²) in [6.45, 7) is 2.41. The lowest BCUT2D eigenvalue weighted by molar-refractivity contribution is 0.267. The van der Waals surface area contributed by atoms with Crippen LogP contribution < -0.4 is 20.7 Å². The molecule has 4 rings (SSSR count). The first kappa shape index (κ1) is 22.7. The third-order valence-electron chi connectivity index (χ3n) is 4.71. The molecule has 0 saturated carbocycles. The third-order valence-corrected chi connectivity index (χ3v) is 5.51. The number of H-pyrrole nitrogens is 1. The number of rotatable bonds is 7. The van der Waals surface area contributed by atoms with Gasteiger partial charge in [-0.3, -0.25) is 4.79 Å². The lowest BCUT2D eigenvalue weighted by atomic mass is 10.2. The average Bonchev–Trinajstić information content (AvgIpc) is 2.78. The average molecular weight is 559 g/mol. The number of hydrogen-bond acceptors (Lipinski definition) is 5. The number of benzene rings is 3. The number of fused-ring (bicyclic) bond motifs is 1. The lowest BCUT2D eigenvalue weighted by Crippen LogP contribution is -2.32. The largest absolute Gasteiger partial charge is 0.490 e. The highest BCUT2D eigenvalue weighted by atomic mass is 127. The zero-order valence-corrected chi connectivity index (χ0v) is 19.7. The minimum Gasteiger partial charge on any atom is -0.490 e. The summed E-state index contributed by atoms with van der Waals surface area (Å²) in [5.74, 6) is 0.655. The van der Waals surface area contributed by atoms with Crippen molar-refractivity contribution in [3.63, 3.8) is 0 Å². The first-order valence-electron chi connectivity index (χ1n) is 10.1. The normalized spacial score (nSPS) is 11.2. The Labute approximate surface area is 201 Å². The Morgan fingerprint density at radius 1 is 1.09 bits per heavy atom. The molecule has 0 saturated heterocycles. The Morgan fingerprint density at radius 3 is 2.70 bits per heavy atom. The fraction of sp³-hybridized carbons (Fsp3) is 0.125. The summed E-state index contributed by atoms with van der Waals surface area (Å²) in [7, 11) is 0. The number of nitrogens with one attached hydrogen (secondary N) is 1. The van der Waals surface area contributed by atoms with E-state index in [1.54, 1.807) is 48.5 Å². The van der Waals surface area contributed by atoms with Gasteiger partial charge in [0.05, 0.1) is 27.3 Å². The van der Waals surface area contributed by atoms with E-state index < -0.39 is 11.2 Å². The van der Waals surface area contributed by atoms with Crippen molar-refractivity contribution in [1.82, 2.24) is 9.66 Å². The van der Waals surface area contributed by atoms with Gasteiger partial charge in [0.2, 0.25) is 0 Å². The van der Waals surface area contributed by atoms with Gasteiger partial charge in [-0.1, -0.05) is 24.3 Å². The van der Waals surface area contributed by atoms with Crippen LogP contribution in [0.3, 0.4) is 0 Å². The molecule has 168 valence electrons. The molecule has 0 aliphatic rings. The number of ether oxygens (including phenoxy) is 2. The molecule has 0 aliphatic heterocycles. The van der Waals surface area contributed by atoms with E-state index in [0.717, 1.165) is 8.25 Å². The van der Waals surface area contributed by atoms with Crippen LogP contribution in [0, 0.1) is 9.39 Å². The SMILES string of the molecule is CCOc1cc(C=Nn2c(=O)[nH]c3ccccc3c2=O)cc(I)c1OCc1cccc(F)c1. The quantitative estimate of drug-likeness (QED) is 0.271. The maximum atomic E-state index is 13.4. The number of aromatic nitrogens is 2. The highest BCUT2D eigenvalue weighted by Gasteiger charge is 2.13. The Morgan fingerprint density at radius 2 is 1.91 bits per heavy atom. The summed E-state index contributed by atoms with van der Waals surface area (Å²) in [4.78, 5) is 27.6. The number of hydrogen-bond donors (Lipinski definition) is 1. The van der Waals surface area contributed by atoms with Crippen LogP contribution in [0.1, 0.15) is 18.1 Å². The van der Waals surface area contributed by atoms with Gasteiger partial charge in [0.15, 0.2) is 11.5 Å². The number of halogens is 2. The van der Waals surface area contributed by atoms with E-state index in [9.17, 15) is 14.0 Å². The van der Waals surface area contributed by atoms with E-state index in [1.165, 1.54) is 18.3 Å². The van der Waals surface area contributed by atoms with Gasteiger partial charge >= 0.3 is 5.69 Å². The molecule has 0 spiro atoms. The summed E-state index contributed by atoms with van der Waals surface area (Å²) in [6, 6.07) is 16.4. The predicted molar refractivity (Wildman–Crippen MR) is 133 cm³/mol. The maximum absolute atomic E-state index is 13.4. The van der Waals surface area contributed by atoms with Crippen molar-refractivity contribution in [1.29, 1.82) is 0 Å². The van der Waals surface area contributed by atoms with Crippen molar-refractivity contribution >= 4 is 39.7 Å². The van der Waals surface area contributed by atoms with Crippen molar-refractivity contribution in [3.05, 3.63) is 102 Å². The molecule has 1 aromatic heterocycles. The first-order valence-corrected chi connectivity index (χ1v) is 11.2. The highest BCUT2D eigenvalue weighted by molar-refractivity contribution is 14.1. The molecular weight excluding hydrogens is 540 g/mol. The Kier molecular flexibility index (Phi) is 6.87. The van der Waals surface area contributed by atoms with Crippen molar-refractivity contribution in [2.45, 2.75) is 13.5 Å². The third kappa shape index (κ3) is 5.14. The predicted octanol–water partition coefficient (Wildman–Crippen LogP) is 4.29. The van der Waals surface area contributed by atoms with Crippen molar-refractivity contribution in [2.75, 3.05) is 6.61 Å². The summed E-state index contributed by atoms with van der Waals surface area (Å²) in [5, 5.41) is 4.46. The van der Waals surface area contributed by atoms with E-state index in [4.69, 9.17) is 9.47 Å². The van der Waals surface area contributed by atoms with Gasteiger partial charge < -0.3 is 14.5 Å². The molecule has 0 bridgehead atoms. The van der Waals surface area contributed by atoms with Gasteiger partial charge in [-0.2, -0.15) is 5.10 Å². The van der Waals surface area contributed by atoms with E-state index in [0.29, 0.717) is 40.1 Å². The van der Waals surface area contributed by atoms with Gasteiger partial charge in [-0.05, 0) is 77.0 Å². The van der Waals surface area contributed by atoms with Gasteiger partial charge in [-0.25, -0.2) is 9.18 Å². The molecule has 0 unspecified atom stereocenters. The topological polar surface area (TPSA) is 85.7 Å². The second kappa shape index (κ2) is 9.99. The van der Waals surface area contributed by atoms with E-state index in [1.807, 2.05) is 6.92 Å². The molecular formula is C24H19FIN3O4. The highest BCUT2D eigenvalue weighted by Crippen LogP contribution is 2.34. The Hall–Kier alpha value is -3.47. The lowest BCUT2D eigenvalue weighted by Gasteiger charge is -2.14. The maximum Gasteiger partial charge on any atom is 0.349 e. The van der Waals surface area contributed by atoms with Crippen LogP contribution >= 0.6 is 22.6 Å². The minimum absolute atomic E-state index is 0.170. The van der Waals surface area contributed by atoms with Crippen LogP contribution in [0.5, 0.6) is 11.5 Å². The standard InChI is InChI=1S/C24H19FIN3O4/c1-2-32-21-12-16(11-19(26)22(21)33-14-15-6-5-7-17(25)10-15)13-27-29-23(30)18-8-3-4-9-20(18)28-24(29)31/h3-13H,2,14H2,1H3,(H,28,31). The molecule has 1 heterocycles. The zero-order valence-electron chi connectivity index (χ0n) is 17.5. The van der Waals surface area contributed by atoms with E-state index in [-0.39, 0.29) is 12.4 Å². The molecule has 3 aromatic carbocycles. The summed E-state index contributed by atoms with van der Waals surface area (Å²) in [6.07, 6.45) is 1.41. The Bertz CT molecular complexity index is 1460. The molecule has 0 aliphatic carbocycles. The van der Waals surface area contributed by atoms with E-state index in [2.05, 4.69) is 32.7 Å².